The van der Waals surface area contributed by atoms with E-state index in [1.165, 1.54) is 17.3 Å². The van der Waals surface area contributed by atoms with E-state index in [-0.39, 0.29) is 5.91 Å². The lowest BCUT2D eigenvalue weighted by molar-refractivity contribution is -0.113. The maximum atomic E-state index is 13.8. The average Bonchev–Trinajstić information content (AvgIpc) is 3.27. The molecule has 6 heteroatoms. The number of fused-ring (bicyclic) bond motifs is 1. The van der Waals surface area contributed by atoms with E-state index in [4.69, 9.17) is 4.99 Å². The Morgan fingerprint density at radius 1 is 0.844 bits per heavy atom. The van der Waals surface area contributed by atoms with Crippen molar-refractivity contribution in [3.63, 3.8) is 0 Å². The highest BCUT2D eigenvalue weighted by molar-refractivity contribution is 8.20. The zero-order chi connectivity index (χ0) is 22.4. The van der Waals surface area contributed by atoms with Gasteiger partial charge in [0.15, 0.2) is 5.17 Å². The quantitative estimate of drug-likeness (QED) is 0.397. The number of benzene rings is 3. The van der Waals surface area contributed by atoms with Crippen molar-refractivity contribution in [3.05, 3.63) is 93.4 Å². The Kier molecular flexibility index (Phi) is 5.35. The first kappa shape index (κ1) is 20.9. The maximum Gasteiger partial charge on any atom is 0.274 e. The van der Waals surface area contributed by atoms with E-state index in [2.05, 4.69) is 43.0 Å². The van der Waals surface area contributed by atoms with E-state index in [1.54, 1.807) is 16.7 Å². The van der Waals surface area contributed by atoms with Crippen LogP contribution in [0.25, 0.3) is 0 Å². The largest absolute Gasteiger partial charge is 0.337 e. The minimum absolute atomic E-state index is 0.0359. The van der Waals surface area contributed by atoms with Crippen molar-refractivity contribution in [1.82, 2.24) is 0 Å². The van der Waals surface area contributed by atoms with Gasteiger partial charge < -0.3 is 4.90 Å². The molecule has 160 valence electrons. The number of amides is 1. The number of carbonyl (C=O) groups is 1. The summed E-state index contributed by atoms with van der Waals surface area (Å²) in [5.74, 6) is -0.0359. The molecule has 32 heavy (non-hydrogen) atoms. The molecule has 0 radical (unpaired) electrons. The SMILES string of the molecule is Cc1cccc(N2C(=O)/C(=C3/Sc4ccccc4N3C)SC2=Nc2ccc(C)cc2C)c1. The summed E-state index contributed by atoms with van der Waals surface area (Å²) in [6.07, 6.45) is 0. The summed E-state index contributed by atoms with van der Waals surface area (Å²) >= 11 is 3.09. The van der Waals surface area contributed by atoms with Crippen LogP contribution in [-0.2, 0) is 4.79 Å². The lowest BCUT2D eigenvalue weighted by atomic mass is 10.1. The van der Waals surface area contributed by atoms with Crippen LogP contribution in [0.5, 0.6) is 0 Å². The molecule has 0 spiro atoms. The summed E-state index contributed by atoms with van der Waals surface area (Å²) in [5, 5.41) is 1.63. The van der Waals surface area contributed by atoms with Crippen LogP contribution >= 0.6 is 23.5 Å². The van der Waals surface area contributed by atoms with E-state index in [0.29, 0.717) is 10.1 Å². The topological polar surface area (TPSA) is 35.9 Å². The summed E-state index contributed by atoms with van der Waals surface area (Å²) in [4.78, 5) is 24.4. The highest BCUT2D eigenvalue weighted by Gasteiger charge is 2.40. The Labute approximate surface area is 197 Å². The predicted molar refractivity (Wildman–Crippen MR) is 137 cm³/mol. The molecule has 5 rings (SSSR count). The lowest BCUT2D eigenvalue weighted by Gasteiger charge is -2.17. The van der Waals surface area contributed by atoms with E-state index < -0.39 is 0 Å². The Bertz CT molecular complexity index is 1310. The van der Waals surface area contributed by atoms with Gasteiger partial charge in [-0.15, -0.1) is 0 Å². The van der Waals surface area contributed by atoms with Gasteiger partial charge >= 0.3 is 0 Å². The van der Waals surface area contributed by atoms with Crippen molar-refractivity contribution in [1.29, 1.82) is 0 Å². The molecule has 0 unspecified atom stereocenters. The van der Waals surface area contributed by atoms with Crippen molar-refractivity contribution in [2.45, 2.75) is 25.7 Å². The van der Waals surface area contributed by atoms with Gasteiger partial charge in [0.25, 0.3) is 5.91 Å². The molecule has 4 nitrogen and oxygen atoms in total. The van der Waals surface area contributed by atoms with Gasteiger partial charge in [-0.3, -0.25) is 9.69 Å². The minimum Gasteiger partial charge on any atom is -0.337 e. The second-order valence-electron chi connectivity index (χ2n) is 8.03. The fourth-order valence-electron chi connectivity index (χ4n) is 3.91. The van der Waals surface area contributed by atoms with Crippen molar-refractivity contribution in [2.24, 2.45) is 4.99 Å². The molecule has 0 aromatic heterocycles. The van der Waals surface area contributed by atoms with Gasteiger partial charge in [-0.1, -0.05) is 53.7 Å². The molecule has 3 aromatic rings. The molecule has 0 N–H and O–H groups in total. The third-order valence-electron chi connectivity index (χ3n) is 5.54. The number of thioether (sulfide) groups is 2. The van der Waals surface area contributed by atoms with Crippen LogP contribution in [0.2, 0.25) is 0 Å². The van der Waals surface area contributed by atoms with E-state index >= 15 is 0 Å². The molecule has 3 aromatic carbocycles. The van der Waals surface area contributed by atoms with Gasteiger partial charge in [0, 0.05) is 11.9 Å². The number of anilines is 2. The molecule has 0 saturated carbocycles. The van der Waals surface area contributed by atoms with Crippen molar-refractivity contribution in [3.8, 4) is 0 Å². The summed E-state index contributed by atoms with van der Waals surface area (Å²) < 4.78 is 0. The maximum absolute atomic E-state index is 13.8. The molecule has 1 saturated heterocycles. The number of carbonyl (C=O) groups excluding carboxylic acids is 1. The molecule has 1 amide bonds. The highest BCUT2D eigenvalue weighted by Crippen LogP contribution is 2.50. The molecule has 2 heterocycles. The molecular formula is C26H23N3OS2. The number of amidine groups is 1. The summed E-state index contributed by atoms with van der Waals surface area (Å²) in [6.45, 7) is 6.17. The Hall–Kier alpha value is -2.96. The van der Waals surface area contributed by atoms with Crippen LogP contribution in [-0.4, -0.2) is 18.1 Å². The van der Waals surface area contributed by atoms with Crippen LogP contribution in [0, 0.1) is 20.8 Å². The molecule has 1 fully saturated rings. The summed E-state index contributed by atoms with van der Waals surface area (Å²) in [5.41, 5.74) is 6.23. The van der Waals surface area contributed by atoms with Gasteiger partial charge in [0.05, 0.1) is 22.1 Å². The second kappa shape index (κ2) is 8.19. The third kappa shape index (κ3) is 3.63. The standard InChI is InChI=1S/C26H23N3OS2/c1-16-8-7-9-19(15-16)29-24(30)23(25-28(4)21-10-5-6-11-22(21)31-25)32-26(29)27-20-13-12-17(2)14-18(20)3/h5-15H,1-4H3/b25-23-,27-26?. The van der Waals surface area contributed by atoms with Crippen molar-refractivity contribution in [2.75, 3.05) is 16.8 Å². The monoisotopic (exact) mass is 457 g/mol. The zero-order valence-corrected chi connectivity index (χ0v) is 20.1. The first-order valence-electron chi connectivity index (χ1n) is 10.4. The Morgan fingerprint density at radius 3 is 2.38 bits per heavy atom. The summed E-state index contributed by atoms with van der Waals surface area (Å²) in [6, 6.07) is 22.5. The predicted octanol–water partition coefficient (Wildman–Crippen LogP) is 6.79. The van der Waals surface area contributed by atoms with E-state index in [9.17, 15) is 4.79 Å². The zero-order valence-electron chi connectivity index (χ0n) is 18.4. The first-order chi connectivity index (χ1) is 15.4. The number of para-hydroxylation sites is 1. The van der Waals surface area contributed by atoms with Crippen LogP contribution in [0.4, 0.5) is 17.1 Å². The molecule has 0 atom stereocenters. The normalized spacial score (nSPS) is 19.2. The molecule has 2 aliphatic heterocycles. The lowest BCUT2D eigenvalue weighted by Crippen LogP contribution is -2.29. The van der Waals surface area contributed by atoms with Crippen molar-refractivity contribution < 1.29 is 4.79 Å². The van der Waals surface area contributed by atoms with Gasteiger partial charge in [-0.2, -0.15) is 0 Å². The number of nitrogens with zero attached hydrogens (tertiary/aromatic N) is 3. The van der Waals surface area contributed by atoms with E-state index in [1.807, 2.05) is 56.4 Å². The number of hydrogen-bond acceptors (Lipinski definition) is 5. The fraction of sp³-hybridized carbons (Fsp3) is 0.154. The Morgan fingerprint density at radius 2 is 1.62 bits per heavy atom. The second-order valence-corrected chi connectivity index (χ2v) is 10.0. The highest BCUT2D eigenvalue weighted by atomic mass is 32.2. The number of aryl methyl sites for hydroxylation is 3. The Balaban J connectivity index is 1.64. The molecular weight excluding hydrogens is 434 g/mol. The minimum atomic E-state index is -0.0359. The number of hydrogen-bond donors (Lipinski definition) is 0. The van der Waals surface area contributed by atoms with Crippen LogP contribution in [0.15, 0.2) is 86.6 Å². The average molecular weight is 458 g/mol. The van der Waals surface area contributed by atoms with E-state index in [0.717, 1.165) is 38.1 Å². The fourth-order valence-corrected chi connectivity index (χ4v) is 6.25. The molecule has 2 aliphatic rings. The van der Waals surface area contributed by atoms with Gasteiger partial charge in [0.2, 0.25) is 0 Å². The van der Waals surface area contributed by atoms with Crippen LogP contribution in [0.3, 0.4) is 0 Å². The molecule has 0 aliphatic carbocycles. The smallest absolute Gasteiger partial charge is 0.274 e. The summed E-state index contributed by atoms with van der Waals surface area (Å²) in [7, 11) is 2.02. The van der Waals surface area contributed by atoms with Crippen LogP contribution in [0.1, 0.15) is 16.7 Å². The van der Waals surface area contributed by atoms with Gasteiger partial charge in [0.1, 0.15) is 4.91 Å². The van der Waals surface area contributed by atoms with Gasteiger partial charge in [-0.25, -0.2) is 4.99 Å². The first-order valence-corrected chi connectivity index (χ1v) is 12.1. The molecule has 0 bridgehead atoms. The van der Waals surface area contributed by atoms with Crippen LogP contribution < -0.4 is 9.80 Å². The van der Waals surface area contributed by atoms with Gasteiger partial charge in [-0.05, 0) is 74.0 Å². The number of rotatable bonds is 2. The van der Waals surface area contributed by atoms with Crippen molar-refractivity contribution >= 4 is 51.7 Å². The third-order valence-corrected chi connectivity index (χ3v) is 7.94. The number of aliphatic imine (C=N–C) groups is 1.